The normalized spacial score (nSPS) is 52.9. The number of aliphatic hydroxyl groups is 2. The van der Waals surface area contributed by atoms with Crippen LogP contribution in [0.2, 0.25) is 0 Å². The number of ether oxygens (including phenoxy) is 1. The summed E-state index contributed by atoms with van der Waals surface area (Å²) in [5, 5.41) is 23.4. The summed E-state index contributed by atoms with van der Waals surface area (Å²) in [6.07, 6.45) is 26.6. The first-order valence-electron chi connectivity index (χ1n) is 23.4. The van der Waals surface area contributed by atoms with Crippen molar-refractivity contribution >= 4 is 28.6 Å². The molecule has 53 heavy (non-hydrogen) atoms. The maximum atomic E-state index is 13.1. The summed E-state index contributed by atoms with van der Waals surface area (Å²) in [6.45, 7) is 15.9. The zero-order valence-electron chi connectivity index (χ0n) is 34.9. The summed E-state index contributed by atoms with van der Waals surface area (Å²) >= 11 is 2.90. The number of aliphatic hydroxyl groups excluding tert-OH is 2. The molecule has 8 rings (SSSR count). The first-order chi connectivity index (χ1) is 25.2. The molecule has 0 aromatic carbocycles. The van der Waals surface area contributed by atoms with Gasteiger partial charge < -0.3 is 14.9 Å². The Kier molecular flexibility index (Phi) is 11.1. The molecule has 0 aromatic rings. The Morgan fingerprint density at radius 2 is 1.30 bits per heavy atom. The highest BCUT2D eigenvalue weighted by Crippen LogP contribution is 2.73. The van der Waals surface area contributed by atoms with Crippen LogP contribution in [0.4, 0.5) is 0 Å². The van der Waals surface area contributed by atoms with Crippen molar-refractivity contribution in [3.63, 3.8) is 0 Å². The van der Waals surface area contributed by atoms with Crippen LogP contribution >= 0.6 is 22.6 Å². The Morgan fingerprint density at radius 1 is 0.679 bits per heavy atom. The number of rotatable bonds is 9. The minimum absolute atomic E-state index is 0.00577. The van der Waals surface area contributed by atoms with Crippen molar-refractivity contribution in [3.8, 4) is 0 Å². The van der Waals surface area contributed by atoms with Crippen LogP contribution in [-0.4, -0.2) is 38.4 Å². The maximum absolute atomic E-state index is 13.1. The Morgan fingerprint density at radius 3 is 2.06 bits per heavy atom. The molecule has 0 radical (unpaired) electrons. The third kappa shape index (κ3) is 6.30. The van der Waals surface area contributed by atoms with Crippen LogP contribution in [-0.2, 0) is 9.53 Å². The minimum atomic E-state index is -0.130. The van der Waals surface area contributed by atoms with E-state index in [2.05, 4.69) is 64.1 Å². The molecule has 0 aliphatic heterocycles. The van der Waals surface area contributed by atoms with Crippen molar-refractivity contribution in [2.24, 2.45) is 86.8 Å². The average molecular weight is 847 g/mol. The number of esters is 1. The molecular formula is C48H79IO4. The molecule has 8 aliphatic carbocycles. The topological polar surface area (TPSA) is 66.8 Å². The lowest BCUT2D eigenvalue weighted by Gasteiger charge is -2.66. The zero-order chi connectivity index (χ0) is 37.6. The summed E-state index contributed by atoms with van der Waals surface area (Å²) in [7, 11) is 0. The Hall–Kier alpha value is 0.120. The molecule has 302 valence electrons. The highest BCUT2D eigenvalue weighted by atomic mass is 127. The molecule has 5 heteroatoms. The highest BCUT2D eigenvalue weighted by molar-refractivity contribution is 14.1. The van der Waals surface area contributed by atoms with E-state index in [1.165, 1.54) is 103 Å². The molecule has 0 heterocycles. The fraction of sp³-hybridized carbons (Fsp3) is 0.979. The van der Waals surface area contributed by atoms with E-state index in [9.17, 15) is 15.0 Å². The number of carbonyl (C=O) groups excluding carboxylic acids is 1. The number of hydrogen-bond acceptors (Lipinski definition) is 4. The summed E-state index contributed by atoms with van der Waals surface area (Å²) in [4.78, 5) is 13.1. The fourth-order valence-electron chi connectivity index (χ4n) is 17.8. The lowest BCUT2D eigenvalue weighted by atomic mass is 9.43. The van der Waals surface area contributed by atoms with Gasteiger partial charge in [0.1, 0.15) is 0 Å². The van der Waals surface area contributed by atoms with E-state index in [-0.39, 0.29) is 21.6 Å². The van der Waals surface area contributed by atoms with Gasteiger partial charge in [-0.15, -0.1) is 0 Å². The second-order valence-corrected chi connectivity index (χ2v) is 24.4. The van der Waals surface area contributed by atoms with Crippen molar-refractivity contribution in [2.75, 3.05) is 6.61 Å². The maximum Gasteiger partial charge on any atom is 0.305 e. The largest absolute Gasteiger partial charge is 0.466 e. The third-order valence-electron chi connectivity index (χ3n) is 20.7. The number of carbonyl (C=O) groups is 1. The predicted molar refractivity (Wildman–Crippen MR) is 223 cm³/mol. The molecule has 4 nitrogen and oxygen atoms in total. The first kappa shape index (κ1) is 39.9. The van der Waals surface area contributed by atoms with Crippen molar-refractivity contribution in [1.29, 1.82) is 0 Å². The molecular weight excluding hydrogens is 767 g/mol. The van der Waals surface area contributed by atoms with Crippen LogP contribution in [0.15, 0.2) is 0 Å². The van der Waals surface area contributed by atoms with Gasteiger partial charge >= 0.3 is 5.97 Å². The Balaban J connectivity index is 0.800. The smallest absolute Gasteiger partial charge is 0.305 e. The van der Waals surface area contributed by atoms with Gasteiger partial charge in [-0.3, -0.25) is 4.79 Å². The van der Waals surface area contributed by atoms with Gasteiger partial charge in [0.2, 0.25) is 0 Å². The van der Waals surface area contributed by atoms with E-state index in [0.29, 0.717) is 93.9 Å². The summed E-state index contributed by atoms with van der Waals surface area (Å²) in [5.74, 6) is 6.88. The van der Waals surface area contributed by atoms with Crippen molar-refractivity contribution in [2.45, 2.75) is 198 Å². The molecule has 18 atom stereocenters. The van der Waals surface area contributed by atoms with Gasteiger partial charge in [-0.1, -0.05) is 89.8 Å². The number of halogens is 1. The van der Waals surface area contributed by atoms with Gasteiger partial charge in [0, 0.05) is 15.8 Å². The first-order valence-corrected chi connectivity index (χ1v) is 24.5. The fourth-order valence-corrected chi connectivity index (χ4v) is 19.6. The van der Waals surface area contributed by atoms with Crippen LogP contribution in [0, 0.1) is 86.8 Å². The minimum Gasteiger partial charge on any atom is -0.466 e. The van der Waals surface area contributed by atoms with Gasteiger partial charge in [-0.25, -0.2) is 0 Å². The Labute approximate surface area is 338 Å². The van der Waals surface area contributed by atoms with Crippen LogP contribution in [0.3, 0.4) is 0 Å². The van der Waals surface area contributed by atoms with Gasteiger partial charge in [0.05, 0.1) is 18.8 Å². The van der Waals surface area contributed by atoms with Gasteiger partial charge in [-0.05, 0) is 190 Å². The van der Waals surface area contributed by atoms with E-state index in [0.717, 1.165) is 38.0 Å². The summed E-state index contributed by atoms with van der Waals surface area (Å²) in [6, 6.07) is 0. The van der Waals surface area contributed by atoms with E-state index in [1.807, 2.05) is 0 Å². The molecule has 8 saturated carbocycles. The lowest BCUT2D eigenvalue weighted by molar-refractivity contribution is -0.164. The van der Waals surface area contributed by atoms with Crippen LogP contribution in [0.25, 0.3) is 0 Å². The van der Waals surface area contributed by atoms with Crippen LogP contribution in [0.5, 0.6) is 0 Å². The second-order valence-electron chi connectivity index (χ2n) is 22.5. The SMILES string of the molecule is C[C@H](CCC(=O)OCCC[C@H](C)[C@@H]1CC[C@@H]2[C@@H]3[C@H](O)CC4CCCC[C@@]4(C)C3(I)CC[C@]21C)[C@H]1CC[C@H]2C3[C@@H](O)CC4CCCC[C@]4(C)[C@H]3CC[C@]12C. The molecule has 8 aliphatic rings. The van der Waals surface area contributed by atoms with E-state index in [1.54, 1.807) is 0 Å². The molecule has 0 saturated heterocycles. The Bertz CT molecular complexity index is 1340. The van der Waals surface area contributed by atoms with Crippen molar-refractivity contribution in [3.05, 3.63) is 0 Å². The summed E-state index contributed by atoms with van der Waals surface area (Å²) < 4.78 is 6.17. The molecule has 0 amide bonds. The molecule has 0 aromatic heterocycles. The standard InChI is InChI=1S/C48H79IO4/c1-30(34-17-19-38-43-40(51)29-33-14-8-10-23-47(33,6)48(43,49)26-25-46(34,38)5)12-11-27-53-41(52)20-15-31(2)35-16-18-36-42-37(21-24-45(35,36)4)44(3)22-9-7-13-32(44)28-39(42)50/h30-40,42-43,50-51H,7-29H2,1-6H3/t30-,31+,32?,33?,34-,35+,36-,37-,38+,39-,40+,42?,43+,44-,45+,46-,47+,48?/m0/s1. The van der Waals surface area contributed by atoms with Crippen LogP contribution < -0.4 is 0 Å². The predicted octanol–water partition coefficient (Wildman–Crippen LogP) is 12.0. The van der Waals surface area contributed by atoms with Crippen molar-refractivity contribution in [1.82, 2.24) is 0 Å². The van der Waals surface area contributed by atoms with Crippen molar-refractivity contribution < 1.29 is 19.7 Å². The van der Waals surface area contributed by atoms with E-state index >= 15 is 0 Å². The monoisotopic (exact) mass is 847 g/mol. The zero-order valence-corrected chi connectivity index (χ0v) is 37.0. The molecule has 0 bridgehead atoms. The molecule has 0 spiro atoms. The second kappa shape index (κ2) is 14.7. The molecule has 4 unspecified atom stereocenters. The third-order valence-corrected chi connectivity index (χ3v) is 23.2. The molecule has 8 fully saturated rings. The number of fused-ring (bicyclic) bond motifs is 10. The quantitative estimate of drug-likeness (QED) is 0.105. The number of hydrogen-bond donors (Lipinski definition) is 2. The number of alkyl halides is 1. The highest BCUT2D eigenvalue weighted by Gasteiger charge is 2.68. The van der Waals surface area contributed by atoms with Gasteiger partial charge in [0.15, 0.2) is 0 Å². The lowest BCUT2D eigenvalue weighted by Crippen LogP contribution is -2.65. The van der Waals surface area contributed by atoms with E-state index < -0.39 is 0 Å². The van der Waals surface area contributed by atoms with Gasteiger partial charge in [-0.2, -0.15) is 0 Å². The summed E-state index contributed by atoms with van der Waals surface area (Å²) in [5.41, 5.74) is 1.46. The van der Waals surface area contributed by atoms with Gasteiger partial charge in [0.25, 0.3) is 0 Å². The van der Waals surface area contributed by atoms with E-state index in [4.69, 9.17) is 4.74 Å². The molecule has 2 N–H and O–H groups in total. The van der Waals surface area contributed by atoms with Crippen LogP contribution in [0.1, 0.15) is 183 Å². The average Bonchev–Trinajstić information content (AvgIpc) is 3.66.